The minimum absolute atomic E-state index is 0.0256. The van der Waals surface area contributed by atoms with Gasteiger partial charge in [0.05, 0.1) is 32.0 Å². The molecule has 8 nitrogen and oxygen atoms in total. The van der Waals surface area contributed by atoms with Gasteiger partial charge in [-0.1, -0.05) is 23.2 Å². The molecule has 0 atom stereocenters. The Morgan fingerprint density at radius 1 is 0.970 bits per heavy atom. The molecule has 2 aliphatic heterocycles. The van der Waals surface area contributed by atoms with Crippen LogP contribution in [0.1, 0.15) is 10.4 Å². The van der Waals surface area contributed by atoms with Crippen molar-refractivity contribution in [3.63, 3.8) is 0 Å². The van der Waals surface area contributed by atoms with Crippen molar-refractivity contribution in [2.24, 2.45) is 0 Å². The lowest BCUT2D eigenvalue weighted by Gasteiger charge is -2.23. The average Bonchev–Trinajstić information content (AvgIpc) is 3.04. The normalized spacial score (nSPS) is 17.0. The van der Waals surface area contributed by atoms with Crippen LogP contribution in [0, 0.1) is 0 Å². The molecule has 3 amide bonds. The minimum Gasteiger partial charge on any atom is -0.370 e. The van der Waals surface area contributed by atoms with Gasteiger partial charge in [-0.25, -0.2) is 4.90 Å². The number of anilines is 2. The molecule has 0 bridgehead atoms. The third-order valence-corrected chi connectivity index (χ3v) is 6.10. The van der Waals surface area contributed by atoms with Gasteiger partial charge in [-0.15, -0.1) is 0 Å². The summed E-state index contributed by atoms with van der Waals surface area (Å²) in [6.45, 7) is 4.83. The van der Waals surface area contributed by atoms with E-state index >= 15 is 0 Å². The van der Waals surface area contributed by atoms with Gasteiger partial charge in [-0.3, -0.25) is 14.4 Å². The predicted molar refractivity (Wildman–Crippen MR) is 126 cm³/mol. The Morgan fingerprint density at radius 3 is 2.30 bits per heavy atom. The molecule has 1 fully saturated rings. The van der Waals surface area contributed by atoms with Crippen LogP contribution in [0.2, 0.25) is 5.02 Å². The molecule has 10 heteroatoms. The van der Waals surface area contributed by atoms with Gasteiger partial charge in [0.25, 0.3) is 17.7 Å². The highest BCUT2D eigenvalue weighted by molar-refractivity contribution is 6.53. The first-order valence-electron chi connectivity index (χ1n) is 10.5. The summed E-state index contributed by atoms with van der Waals surface area (Å²) in [4.78, 5) is 40.2. The Balaban J connectivity index is 1.36. The monoisotopic (exact) mass is 489 g/mol. The van der Waals surface area contributed by atoms with Crippen molar-refractivity contribution >= 4 is 52.3 Å². The van der Waals surface area contributed by atoms with Crippen molar-refractivity contribution in [1.82, 2.24) is 5.32 Å². The highest BCUT2D eigenvalue weighted by atomic mass is 35.5. The number of imide groups is 1. The summed E-state index contributed by atoms with van der Waals surface area (Å²) in [5.74, 6) is -1.36. The largest absolute Gasteiger partial charge is 0.370 e. The molecule has 0 unspecified atom stereocenters. The van der Waals surface area contributed by atoms with Crippen molar-refractivity contribution in [1.29, 1.82) is 0 Å². The van der Waals surface area contributed by atoms with Crippen molar-refractivity contribution in [3.8, 4) is 0 Å². The Labute approximate surface area is 201 Å². The fraction of sp³-hybridized carbons (Fsp3) is 0.261. The van der Waals surface area contributed by atoms with E-state index in [9.17, 15) is 14.4 Å². The Morgan fingerprint density at radius 2 is 1.64 bits per heavy atom. The zero-order valence-electron chi connectivity index (χ0n) is 17.7. The van der Waals surface area contributed by atoms with Crippen LogP contribution in [0.3, 0.4) is 0 Å². The molecule has 0 aromatic heterocycles. The molecular weight excluding hydrogens is 467 g/mol. The Hall–Kier alpha value is -2.91. The fourth-order valence-corrected chi connectivity index (χ4v) is 3.99. The molecular formula is C23H23Cl2N4O4+. The highest BCUT2D eigenvalue weighted by Gasteiger charge is 2.38. The molecule has 3 N–H and O–H groups in total. The molecule has 0 aliphatic carbocycles. The number of rotatable bonds is 7. The summed E-state index contributed by atoms with van der Waals surface area (Å²) in [5, 5.41) is 6.10. The summed E-state index contributed by atoms with van der Waals surface area (Å²) < 4.78 is 5.33. The molecule has 2 aromatic rings. The van der Waals surface area contributed by atoms with E-state index < -0.39 is 11.8 Å². The van der Waals surface area contributed by atoms with Gasteiger partial charge in [-0.05, 0) is 48.5 Å². The van der Waals surface area contributed by atoms with Gasteiger partial charge in [0.15, 0.2) is 0 Å². The number of nitrogens with one attached hydrogen (secondary N) is 3. The van der Waals surface area contributed by atoms with Crippen LogP contribution in [0.5, 0.6) is 0 Å². The van der Waals surface area contributed by atoms with Crippen molar-refractivity contribution < 1.29 is 24.0 Å². The summed E-state index contributed by atoms with van der Waals surface area (Å²) in [6.07, 6.45) is 0. The Bertz CT molecular complexity index is 1080. The third kappa shape index (κ3) is 5.36. The smallest absolute Gasteiger partial charge is 0.283 e. The number of halogens is 2. The van der Waals surface area contributed by atoms with E-state index in [1.165, 1.54) is 4.90 Å². The number of hydrogen-bond acceptors (Lipinski definition) is 5. The lowest BCUT2D eigenvalue weighted by atomic mass is 10.2. The second-order valence-electron chi connectivity index (χ2n) is 7.68. The number of carbonyl (C=O) groups is 3. The second-order valence-corrected chi connectivity index (χ2v) is 8.50. The maximum Gasteiger partial charge on any atom is 0.283 e. The first-order chi connectivity index (χ1) is 15.9. The van der Waals surface area contributed by atoms with E-state index in [0.717, 1.165) is 37.7 Å². The maximum absolute atomic E-state index is 12.8. The highest BCUT2D eigenvalue weighted by Crippen LogP contribution is 2.30. The van der Waals surface area contributed by atoms with Crippen LogP contribution in [-0.2, 0) is 14.3 Å². The van der Waals surface area contributed by atoms with Crippen molar-refractivity contribution in [2.75, 3.05) is 49.6 Å². The van der Waals surface area contributed by atoms with Crippen LogP contribution in [0.25, 0.3) is 0 Å². The van der Waals surface area contributed by atoms with E-state index in [1.54, 1.807) is 48.5 Å². The van der Waals surface area contributed by atoms with Crippen LogP contribution < -0.4 is 20.4 Å². The Kier molecular flexibility index (Phi) is 7.29. The fourth-order valence-electron chi connectivity index (χ4n) is 3.65. The topological polar surface area (TPSA) is 92.2 Å². The van der Waals surface area contributed by atoms with E-state index in [2.05, 4.69) is 10.6 Å². The molecule has 4 rings (SSSR count). The number of nitrogens with zero attached hydrogens (tertiary/aromatic N) is 1. The standard InChI is InChI=1S/C23H22Cl2N4O4/c24-16-3-7-18(8-4-16)29-22(31)19(25)20(23(29)32)27-17-5-1-15(2-6-17)21(30)26-9-10-28-11-13-33-14-12-28/h1-8,27H,9-14H2,(H,26,30)/p+1. The number of hydrogen-bond donors (Lipinski definition) is 3. The number of amides is 3. The van der Waals surface area contributed by atoms with Gasteiger partial charge >= 0.3 is 0 Å². The van der Waals surface area contributed by atoms with Crippen LogP contribution in [-0.4, -0.2) is 57.1 Å². The van der Waals surface area contributed by atoms with E-state index in [-0.39, 0.29) is 16.6 Å². The summed E-state index contributed by atoms with van der Waals surface area (Å²) >= 11 is 12.0. The van der Waals surface area contributed by atoms with Crippen molar-refractivity contribution in [2.45, 2.75) is 0 Å². The molecule has 2 aliphatic rings. The molecule has 1 saturated heterocycles. The average molecular weight is 490 g/mol. The summed E-state index contributed by atoms with van der Waals surface area (Å²) in [6, 6.07) is 12.9. The lowest BCUT2D eigenvalue weighted by Crippen LogP contribution is -3.14. The molecule has 172 valence electrons. The summed E-state index contributed by atoms with van der Waals surface area (Å²) in [5.41, 5.74) is 1.36. The van der Waals surface area contributed by atoms with Crippen LogP contribution in [0.15, 0.2) is 59.3 Å². The zero-order valence-corrected chi connectivity index (χ0v) is 19.2. The van der Waals surface area contributed by atoms with E-state index in [0.29, 0.717) is 28.5 Å². The molecule has 0 spiro atoms. The molecule has 0 saturated carbocycles. The van der Waals surface area contributed by atoms with Crippen LogP contribution in [0.4, 0.5) is 11.4 Å². The second kappa shape index (κ2) is 10.4. The van der Waals surface area contributed by atoms with Gasteiger partial charge in [0.2, 0.25) is 0 Å². The molecule has 2 heterocycles. The van der Waals surface area contributed by atoms with Gasteiger partial charge < -0.3 is 20.3 Å². The summed E-state index contributed by atoms with van der Waals surface area (Å²) in [7, 11) is 0. The lowest BCUT2D eigenvalue weighted by molar-refractivity contribution is -0.906. The third-order valence-electron chi connectivity index (χ3n) is 5.49. The van der Waals surface area contributed by atoms with E-state index in [1.807, 2.05) is 0 Å². The number of benzene rings is 2. The quantitative estimate of drug-likeness (QED) is 0.511. The maximum atomic E-state index is 12.8. The van der Waals surface area contributed by atoms with Gasteiger partial charge in [0.1, 0.15) is 23.8 Å². The number of morpholine rings is 1. The number of carbonyl (C=O) groups excluding carboxylic acids is 3. The van der Waals surface area contributed by atoms with E-state index in [4.69, 9.17) is 27.9 Å². The number of ether oxygens (including phenoxy) is 1. The first-order valence-corrected chi connectivity index (χ1v) is 11.3. The molecule has 0 radical (unpaired) electrons. The number of quaternary nitrogens is 1. The first kappa shape index (κ1) is 23.3. The zero-order chi connectivity index (χ0) is 23.4. The molecule has 33 heavy (non-hydrogen) atoms. The van der Waals surface area contributed by atoms with Gasteiger partial charge in [-0.2, -0.15) is 0 Å². The van der Waals surface area contributed by atoms with Gasteiger partial charge in [0, 0.05) is 16.3 Å². The van der Waals surface area contributed by atoms with Crippen molar-refractivity contribution in [3.05, 3.63) is 69.8 Å². The SMILES string of the molecule is O=C(NCC[NH+]1CCOCC1)c1ccc(NC2=C(Cl)C(=O)N(c3ccc(Cl)cc3)C2=O)cc1. The molecule has 2 aromatic carbocycles. The van der Waals surface area contributed by atoms with Crippen LogP contribution >= 0.6 is 23.2 Å². The minimum atomic E-state index is -0.620. The predicted octanol–water partition coefficient (Wildman–Crippen LogP) is 1.42.